The van der Waals surface area contributed by atoms with Crippen LogP contribution >= 0.6 is 0 Å². The fourth-order valence-corrected chi connectivity index (χ4v) is 1.37. The van der Waals surface area contributed by atoms with Crippen molar-refractivity contribution in [3.05, 3.63) is 35.9 Å². The van der Waals surface area contributed by atoms with Crippen LogP contribution in [0.4, 0.5) is 0 Å². The van der Waals surface area contributed by atoms with E-state index in [-0.39, 0.29) is 6.10 Å². The molecular formula is C11H14O2. The van der Waals surface area contributed by atoms with E-state index in [0.29, 0.717) is 19.4 Å². The Morgan fingerprint density at radius 2 is 2.08 bits per heavy atom. The van der Waals surface area contributed by atoms with Crippen molar-refractivity contribution in [3.8, 4) is 0 Å². The van der Waals surface area contributed by atoms with Crippen LogP contribution in [0.1, 0.15) is 19.8 Å². The van der Waals surface area contributed by atoms with Crippen LogP contribution in [-0.2, 0) is 11.3 Å². The van der Waals surface area contributed by atoms with Gasteiger partial charge in [0.1, 0.15) is 0 Å². The van der Waals surface area contributed by atoms with Gasteiger partial charge in [-0.05, 0) is 18.4 Å². The minimum Gasteiger partial charge on any atom is -0.393 e. The molecule has 70 valence electrons. The molecular weight excluding hydrogens is 164 g/mol. The maximum atomic E-state index is 9.17. The summed E-state index contributed by atoms with van der Waals surface area (Å²) in [5.41, 5.74) is 1.13. The van der Waals surface area contributed by atoms with Gasteiger partial charge in [-0.1, -0.05) is 30.3 Å². The minimum atomic E-state index is -1.23. The van der Waals surface area contributed by atoms with Gasteiger partial charge in [-0.25, -0.2) is 0 Å². The van der Waals surface area contributed by atoms with Crippen molar-refractivity contribution in [1.82, 2.24) is 0 Å². The number of hydrogen-bond acceptors (Lipinski definition) is 2. The smallest absolute Gasteiger partial charge is 0.0720 e. The van der Waals surface area contributed by atoms with Crippen molar-refractivity contribution < 1.29 is 11.2 Å². The quantitative estimate of drug-likeness (QED) is 0.765. The van der Waals surface area contributed by atoms with Crippen LogP contribution in [0, 0.1) is 0 Å². The summed E-state index contributed by atoms with van der Waals surface area (Å²) in [5, 5.41) is 9.17. The van der Waals surface area contributed by atoms with Crippen molar-refractivity contribution in [2.45, 2.75) is 31.6 Å². The largest absolute Gasteiger partial charge is 0.393 e. The molecule has 1 saturated carbocycles. The normalized spacial score (nSPS) is 33.6. The van der Waals surface area contributed by atoms with Gasteiger partial charge in [0.05, 0.1) is 20.2 Å². The highest BCUT2D eigenvalue weighted by Gasteiger charge is 2.27. The zero-order valence-electron chi connectivity index (χ0n) is 8.44. The van der Waals surface area contributed by atoms with Crippen LogP contribution < -0.4 is 0 Å². The molecule has 1 N–H and O–H groups in total. The average Bonchev–Trinajstić information content (AvgIpc) is 2.13. The first kappa shape index (κ1) is 7.54. The maximum absolute atomic E-state index is 9.17. The zero-order valence-corrected chi connectivity index (χ0v) is 7.44. The Balaban J connectivity index is 1.75. The third kappa shape index (κ3) is 2.29. The van der Waals surface area contributed by atoms with Crippen molar-refractivity contribution >= 4 is 0 Å². The number of aliphatic hydroxyl groups is 1. The van der Waals surface area contributed by atoms with Gasteiger partial charge in [-0.15, -0.1) is 0 Å². The zero-order chi connectivity index (χ0) is 10.0. The van der Waals surface area contributed by atoms with E-state index in [1.807, 2.05) is 30.3 Å². The van der Waals surface area contributed by atoms with E-state index in [1.165, 1.54) is 0 Å². The molecule has 0 unspecified atom stereocenters. The second kappa shape index (κ2) is 3.90. The average molecular weight is 179 g/mol. The summed E-state index contributed by atoms with van der Waals surface area (Å²) in [5.74, 6) is 0. The molecule has 13 heavy (non-hydrogen) atoms. The number of hydrogen-bond donors (Lipinski definition) is 1. The molecule has 0 aromatic heterocycles. The van der Waals surface area contributed by atoms with Crippen molar-refractivity contribution in [1.29, 1.82) is 0 Å². The summed E-state index contributed by atoms with van der Waals surface area (Å²) >= 11 is 0. The van der Waals surface area contributed by atoms with Gasteiger partial charge in [0, 0.05) is 0 Å². The summed E-state index contributed by atoms with van der Waals surface area (Å²) in [6.45, 7) is 0.571. The summed E-state index contributed by atoms with van der Waals surface area (Å²) in [6, 6.07) is 9.92. The van der Waals surface area contributed by atoms with E-state index >= 15 is 0 Å². The monoisotopic (exact) mass is 179 g/mol. The van der Waals surface area contributed by atoms with E-state index in [0.717, 1.165) is 5.56 Å². The SMILES string of the molecule is [2H]C1(O)CC(OCc2ccccc2)C1. The third-order valence-electron chi connectivity index (χ3n) is 2.26. The van der Waals surface area contributed by atoms with Gasteiger partial charge in [0.15, 0.2) is 0 Å². The number of rotatable bonds is 3. The Morgan fingerprint density at radius 1 is 1.38 bits per heavy atom. The maximum Gasteiger partial charge on any atom is 0.0720 e. The first-order valence-corrected chi connectivity index (χ1v) is 4.54. The van der Waals surface area contributed by atoms with Crippen LogP contribution in [0.25, 0.3) is 0 Å². The topological polar surface area (TPSA) is 29.5 Å². The fourth-order valence-electron chi connectivity index (χ4n) is 1.37. The van der Waals surface area contributed by atoms with Crippen molar-refractivity contribution in [2.75, 3.05) is 0 Å². The molecule has 0 saturated heterocycles. The molecule has 1 aliphatic rings. The minimum absolute atomic E-state index is 0.0534. The van der Waals surface area contributed by atoms with Gasteiger partial charge < -0.3 is 9.84 Å². The predicted molar refractivity (Wildman–Crippen MR) is 50.3 cm³/mol. The van der Waals surface area contributed by atoms with E-state index < -0.39 is 6.08 Å². The Hall–Kier alpha value is -0.860. The third-order valence-corrected chi connectivity index (χ3v) is 2.26. The van der Waals surface area contributed by atoms with Crippen LogP contribution in [0.2, 0.25) is 0 Å². The highest BCUT2D eigenvalue weighted by Crippen LogP contribution is 2.23. The Labute approximate surface area is 79.6 Å². The van der Waals surface area contributed by atoms with Gasteiger partial charge >= 0.3 is 0 Å². The lowest BCUT2D eigenvalue weighted by Gasteiger charge is -2.31. The lowest BCUT2D eigenvalue weighted by molar-refractivity contribution is -0.0778. The molecule has 0 amide bonds. The standard InChI is InChI=1S/C11H14O2/c12-10-6-11(7-10)13-8-9-4-2-1-3-5-9/h1-5,10-12H,6-8H2/i10D. The Bertz CT molecular complexity index is 289. The summed E-state index contributed by atoms with van der Waals surface area (Å²) in [7, 11) is 0. The molecule has 2 nitrogen and oxygen atoms in total. The molecule has 1 aliphatic carbocycles. The number of benzene rings is 1. The molecule has 2 rings (SSSR count). The summed E-state index contributed by atoms with van der Waals surface area (Å²) in [6.07, 6.45) is -0.321. The molecule has 0 atom stereocenters. The number of ether oxygens (including phenoxy) is 1. The van der Waals surface area contributed by atoms with Crippen LogP contribution in [0.3, 0.4) is 0 Å². The lowest BCUT2D eigenvalue weighted by atomic mass is 9.92. The molecule has 0 aliphatic heterocycles. The molecule has 0 spiro atoms. The molecule has 1 aromatic rings. The highest BCUT2D eigenvalue weighted by atomic mass is 16.5. The summed E-state index contributed by atoms with van der Waals surface area (Å²) < 4.78 is 12.8. The molecule has 2 heteroatoms. The van der Waals surface area contributed by atoms with Crippen LogP contribution in [-0.4, -0.2) is 17.3 Å². The van der Waals surface area contributed by atoms with Gasteiger partial charge in [0.2, 0.25) is 0 Å². The van der Waals surface area contributed by atoms with Crippen molar-refractivity contribution in [3.63, 3.8) is 0 Å². The second-order valence-corrected chi connectivity index (χ2v) is 3.39. The van der Waals surface area contributed by atoms with Crippen LogP contribution in [0.15, 0.2) is 30.3 Å². The molecule has 0 heterocycles. The van der Waals surface area contributed by atoms with E-state index in [2.05, 4.69) is 0 Å². The van der Waals surface area contributed by atoms with Crippen molar-refractivity contribution in [2.24, 2.45) is 0 Å². The predicted octanol–water partition coefficient (Wildman–Crippen LogP) is 1.73. The molecule has 0 bridgehead atoms. The first-order valence-electron chi connectivity index (χ1n) is 5.04. The fraction of sp³-hybridized carbons (Fsp3) is 0.455. The Morgan fingerprint density at radius 3 is 2.69 bits per heavy atom. The van der Waals surface area contributed by atoms with Gasteiger partial charge in [-0.2, -0.15) is 0 Å². The second-order valence-electron chi connectivity index (χ2n) is 3.39. The van der Waals surface area contributed by atoms with Gasteiger partial charge in [-0.3, -0.25) is 0 Å². The first-order chi connectivity index (χ1) is 6.66. The van der Waals surface area contributed by atoms with E-state index in [4.69, 9.17) is 11.2 Å². The molecule has 1 aromatic carbocycles. The van der Waals surface area contributed by atoms with Gasteiger partial charge in [0.25, 0.3) is 0 Å². The Kier molecular flexibility index (Phi) is 2.26. The lowest BCUT2D eigenvalue weighted by Crippen LogP contribution is -2.35. The van der Waals surface area contributed by atoms with E-state index in [9.17, 15) is 0 Å². The highest BCUT2D eigenvalue weighted by molar-refractivity contribution is 5.13. The van der Waals surface area contributed by atoms with Crippen LogP contribution in [0.5, 0.6) is 0 Å². The summed E-state index contributed by atoms with van der Waals surface area (Å²) in [4.78, 5) is 0. The van der Waals surface area contributed by atoms with E-state index in [1.54, 1.807) is 0 Å². The molecule has 1 fully saturated rings. The molecule has 0 radical (unpaired) electrons.